The number of nitrogens with two attached hydrogens (primary N) is 1. The Bertz CT molecular complexity index is 526. The summed E-state index contributed by atoms with van der Waals surface area (Å²) < 4.78 is 27.5. The number of hydrogen-bond acceptors (Lipinski definition) is 3. The number of halogens is 2. The average molecular weight is 268 g/mol. The molecule has 0 aliphatic carbocycles. The Morgan fingerprint density at radius 3 is 2.28 bits per heavy atom. The van der Waals surface area contributed by atoms with Gasteiger partial charge in [-0.15, -0.1) is 11.3 Å². The number of thiophene rings is 1. The van der Waals surface area contributed by atoms with Crippen molar-refractivity contribution >= 4 is 11.3 Å². The van der Waals surface area contributed by atoms with E-state index in [0.29, 0.717) is 0 Å². The third kappa shape index (κ3) is 2.29. The highest BCUT2D eigenvalue weighted by Crippen LogP contribution is 2.32. The minimum Gasteiger partial charge on any atom is -0.271 e. The van der Waals surface area contributed by atoms with Gasteiger partial charge in [0.1, 0.15) is 11.6 Å². The molecule has 0 aliphatic heterocycles. The molecular weight excluding hydrogens is 254 g/mol. The topological polar surface area (TPSA) is 38.0 Å². The number of nitrogens with one attached hydrogen (secondary N) is 1. The van der Waals surface area contributed by atoms with Gasteiger partial charge < -0.3 is 0 Å². The fraction of sp³-hybridized carbons (Fsp3) is 0.231. The Labute approximate surface area is 108 Å². The van der Waals surface area contributed by atoms with Crippen molar-refractivity contribution < 1.29 is 8.78 Å². The van der Waals surface area contributed by atoms with Crippen LogP contribution in [0.15, 0.2) is 24.3 Å². The van der Waals surface area contributed by atoms with Gasteiger partial charge in [-0.05, 0) is 37.6 Å². The largest absolute Gasteiger partial charge is 0.271 e. The van der Waals surface area contributed by atoms with Gasteiger partial charge in [-0.3, -0.25) is 5.84 Å². The lowest BCUT2D eigenvalue weighted by Crippen LogP contribution is -2.29. The van der Waals surface area contributed by atoms with E-state index in [0.717, 1.165) is 15.3 Å². The Balaban J connectivity index is 2.52. The summed E-state index contributed by atoms with van der Waals surface area (Å²) in [7, 11) is 0. The van der Waals surface area contributed by atoms with E-state index in [1.807, 2.05) is 19.9 Å². The summed E-state index contributed by atoms with van der Waals surface area (Å²) in [5.74, 6) is 4.27. The van der Waals surface area contributed by atoms with Crippen LogP contribution in [0.1, 0.15) is 26.9 Å². The van der Waals surface area contributed by atoms with Gasteiger partial charge >= 0.3 is 0 Å². The molecule has 0 radical (unpaired) electrons. The summed E-state index contributed by atoms with van der Waals surface area (Å²) in [6, 6.07) is 5.04. The predicted molar refractivity (Wildman–Crippen MR) is 69.3 cm³/mol. The maximum Gasteiger partial charge on any atom is 0.131 e. The van der Waals surface area contributed by atoms with Crippen molar-refractivity contribution in [2.75, 3.05) is 0 Å². The van der Waals surface area contributed by atoms with Crippen molar-refractivity contribution in [3.8, 4) is 0 Å². The van der Waals surface area contributed by atoms with Crippen molar-refractivity contribution in [2.24, 2.45) is 5.84 Å². The van der Waals surface area contributed by atoms with E-state index < -0.39 is 17.7 Å². The van der Waals surface area contributed by atoms with Crippen molar-refractivity contribution in [3.05, 3.63) is 56.8 Å². The molecule has 2 aromatic rings. The number of benzene rings is 1. The molecule has 1 aromatic heterocycles. The van der Waals surface area contributed by atoms with Crippen LogP contribution in [0.4, 0.5) is 8.78 Å². The standard InChI is InChI=1S/C13H14F2N2S/c1-7-6-11(18-8(7)2)13(17-16)12-9(14)4-3-5-10(12)15/h3-6,13,17H,16H2,1-2H3. The van der Waals surface area contributed by atoms with Crippen LogP contribution in [0.5, 0.6) is 0 Å². The van der Waals surface area contributed by atoms with Gasteiger partial charge in [-0.1, -0.05) is 6.07 Å². The van der Waals surface area contributed by atoms with Crippen molar-refractivity contribution in [3.63, 3.8) is 0 Å². The highest BCUT2D eigenvalue weighted by Gasteiger charge is 2.22. The quantitative estimate of drug-likeness (QED) is 0.662. The maximum atomic E-state index is 13.7. The molecule has 0 fully saturated rings. The van der Waals surface area contributed by atoms with Crippen LogP contribution in [-0.4, -0.2) is 0 Å². The zero-order valence-corrected chi connectivity index (χ0v) is 10.9. The molecule has 5 heteroatoms. The third-order valence-corrected chi connectivity index (χ3v) is 4.14. The summed E-state index contributed by atoms with van der Waals surface area (Å²) in [5.41, 5.74) is 3.54. The van der Waals surface area contributed by atoms with Gasteiger partial charge in [0.05, 0.1) is 6.04 Å². The zero-order valence-electron chi connectivity index (χ0n) is 10.1. The second-order valence-electron chi connectivity index (χ2n) is 4.12. The Hall–Kier alpha value is -1.30. The van der Waals surface area contributed by atoms with Gasteiger partial charge in [-0.2, -0.15) is 0 Å². The zero-order chi connectivity index (χ0) is 13.3. The first-order chi connectivity index (χ1) is 8.54. The molecule has 2 nitrogen and oxygen atoms in total. The van der Waals surface area contributed by atoms with Crippen LogP contribution in [0, 0.1) is 25.5 Å². The van der Waals surface area contributed by atoms with E-state index in [1.54, 1.807) is 0 Å². The van der Waals surface area contributed by atoms with E-state index in [-0.39, 0.29) is 5.56 Å². The number of hydrogen-bond donors (Lipinski definition) is 2. The van der Waals surface area contributed by atoms with Crippen LogP contribution < -0.4 is 11.3 Å². The van der Waals surface area contributed by atoms with Gasteiger partial charge in [0.15, 0.2) is 0 Å². The van der Waals surface area contributed by atoms with Crippen LogP contribution >= 0.6 is 11.3 Å². The SMILES string of the molecule is Cc1cc(C(NN)c2c(F)cccc2F)sc1C. The minimum absolute atomic E-state index is 0.0405. The summed E-state index contributed by atoms with van der Waals surface area (Å²) >= 11 is 1.48. The first kappa shape index (κ1) is 13.1. The first-order valence-corrected chi connectivity index (χ1v) is 6.33. The molecule has 18 heavy (non-hydrogen) atoms. The molecule has 1 unspecified atom stereocenters. The molecule has 1 heterocycles. The number of rotatable bonds is 3. The first-order valence-electron chi connectivity index (χ1n) is 5.51. The van der Waals surface area contributed by atoms with E-state index in [4.69, 9.17) is 5.84 Å². The molecule has 0 aliphatic rings. The van der Waals surface area contributed by atoms with E-state index in [2.05, 4.69) is 5.43 Å². The van der Waals surface area contributed by atoms with Crippen molar-refractivity contribution in [2.45, 2.75) is 19.9 Å². The molecule has 96 valence electrons. The fourth-order valence-electron chi connectivity index (χ4n) is 1.84. The third-order valence-electron chi connectivity index (χ3n) is 2.92. The minimum atomic E-state index is -0.663. The fourth-order valence-corrected chi connectivity index (χ4v) is 2.95. The lowest BCUT2D eigenvalue weighted by Gasteiger charge is -2.16. The molecule has 0 bridgehead atoms. The molecule has 0 amide bonds. The molecular formula is C13H14F2N2S. The van der Waals surface area contributed by atoms with Crippen molar-refractivity contribution in [1.82, 2.24) is 5.43 Å². The smallest absolute Gasteiger partial charge is 0.131 e. The molecule has 0 saturated carbocycles. The van der Waals surface area contributed by atoms with Gasteiger partial charge in [0, 0.05) is 15.3 Å². The Morgan fingerprint density at radius 2 is 1.83 bits per heavy atom. The highest BCUT2D eigenvalue weighted by molar-refractivity contribution is 7.12. The highest BCUT2D eigenvalue weighted by atomic mass is 32.1. The number of aryl methyl sites for hydroxylation is 2. The van der Waals surface area contributed by atoms with Crippen molar-refractivity contribution in [1.29, 1.82) is 0 Å². The Kier molecular flexibility index (Phi) is 3.75. The monoisotopic (exact) mass is 268 g/mol. The lowest BCUT2D eigenvalue weighted by molar-refractivity contribution is 0.513. The van der Waals surface area contributed by atoms with Gasteiger partial charge in [0.25, 0.3) is 0 Å². The van der Waals surface area contributed by atoms with Crippen LogP contribution in [0.3, 0.4) is 0 Å². The summed E-state index contributed by atoms with van der Waals surface area (Å²) in [6.45, 7) is 3.93. The Morgan fingerprint density at radius 1 is 1.22 bits per heavy atom. The predicted octanol–water partition coefficient (Wildman–Crippen LogP) is 3.20. The van der Waals surface area contributed by atoms with Crippen LogP contribution in [0.25, 0.3) is 0 Å². The molecule has 1 aromatic carbocycles. The maximum absolute atomic E-state index is 13.7. The molecule has 2 rings (SSSR count). The van der Waals surface area contributed by atoms with E-state index >= 15 is 0 Å². The molecule has 3 N–H and O–H groups in total. The lowest BCUT2D eigenvalue weighted by atomic mass is 10.0. The van der Waals surface area contributed by atoms with Crippen LogP contribution in [0.2, 0.25) is 0 Å². The summed E-state index contributed by atoms with van der Waals surface area (Å²) in [5, 5.41) is 0. The number of hydrazine groups is 1. The molecule has 0 spiro atoms. The second-order valence-corrected chi connectivity index (χ2v) is 5.41. The summed E-state index contributed by atoms with van der Waals surface area (Å²) in [6.07, 6.45) is 0. The summed E-state index contributed by atoms with van der Waals surface area (Å²) in [4.78, 5) is 1.92. The normalized spacial score (nSPS) is 12.7. The van der Waals surface area contributed by atoms with Crippen LogP contribution in [-0.2, 0) is 0 Å². The van der Waals surface area contributed by atoms with Gasteiger partial charge in [-0.25, -0.2) is 14.2 Å². The molecule has 1 atom stereocenters. The van der Waals surface area contributed by atoms with E-state index in [9.17, 15) is 8.78 Å². The average Bonchev–Trinajstić information content (AvgIpc) is 2.64. The second kappa shape index (κ2) is 5.14. The van der Waals surface area contributed by atoms with E-state index in [1.165, 1.54) is 29.5 Å². The van der Waals surface area contributed by atoms with Gasteiger partial charge in [0.2, 0.25) is 0 Å². The molecule has 0 saturated heterocycles.